The van der Waals surface area contributed by atoms with Gasteiger partial charge in [-0.2, -0.15) is 18.3 Å². The van der Waals surface area contributed by atoms with E-state index in [1.54, 1.807) is 24.4 Å². The lowest BCUT2D eigenvalue weighted by Gasteiger charge is -2.27. The largest absolute Gasteiger partial charge is 0.416 e. The number of alkyl halides is 3. The van der Waals surface area contributed by atoms with Gasteiger partial charge in [0.05, 0.1) is 23.1 Å². The van der Waals surface area contributed by atoms with Crippen LogP contribution >= 0.6 is 0 Å². The lowest BCUT2D eigenvalue weighted by Crippen LogP contribution is -2.42. The molecule has 2 aromatic carbocycles. The summed E-state index contributed by atoms with van der Waals surface area (Å²) in [6, 6.07) is 11.1. The third kappa shape index (κ3) is 4.18. The third-order valence-electron chi connectivity index (χ3n) is 5.02. The molecule has 1 aromatic heterocycles. The average Bonchev–Trinajstić information content (AvgIpc) is 3.12. The van der Waals surface area contributed by atoms with Crippen molar-refractivity contribution in [1.82, 2.24) is 20.0 Å². The van der Waals surface area contributed by atoms with Crippen LogP contribution in [-0.4, -0.2) is 40.9 Å². The quantitative estimate of drug-likeness (QED) is 0.665. The highest BCUT2D eigenvalue weighted by Gasteiger charge is 2.30. The van der Waals surface area contributed by atoms with Crippen molar-refractivity contribution in [1.29, 1.82) is 0 Å². The molecule has 2 heterocycles. The number of nitrogens with one attached hydrogen (secondary N) is 1. The molecule has 0 saturated carbocycles. The van der Waals surface area contributed by atoms with Gasteiger partial charge in [-0.15, -0.1) is 0 Å². The first-order chi connectivity index (χ1) is 13.9. The molecule has 3 aromatic rings. The highest BCUT2D eigenvalue weighted by Crippen LogP contribution is 2.32. The van der Waals surface area contributed by atoms with Gasteiger partial charge in [0.1, 0.15) is 5.82 Å². The van der Waals surface area contributed by atoms with Gasteiger partial charge in [0, 0.05) is 43.9 Å². The van der Waals surface area contributed by atoms with Crippen LogP contribution in [0.3, 0.4) is 0 Å². The van der Waals surface area contributed by atoms with Crippen LogP contribution in [0.1, 0.15) is 11.1 Å². The molecule has 8 heteroatoms. The topological polar surface area (TPSA) is 33.1 Å². The Bertz CT molecular complexity index is 973. The van der Waals surface area contributed by atoms with Crippen molar-refractivity contribution in [2.45, 2.75) is 12.7 Å². The second-order valence-corrected chi connectivity index (χ2v) is 6.98. The molecule has 1 aliphatic rings. The predicted octanol–water partition coefficient (Wildman–Crippen LogP) is 4.10. The Kier molecular flexibility index (Phi) is 5.38. The number of rotatable bonds is 4. The summed E-state index contributed by atoms with van der Waals surface area (Å²) < 4.78 is 54.8. The normalized spacial score (nSPS) is 15.6. The Morgan fingerprint density at radius 2 is 1.66 bits per heavy atom. The van der Waals surface area contributed by atoms with Crippen LogP contribution in [0.15, 0.2) is 54.7 Å². The Morgan fingerprint density at radius 3 is 2.31 bits per heavy atom. The lowest BCUT2D eigenvalue weighted by atomic mass is 10.1. The first-order valence-corrected chi connectivity index (χ1v) is 9.36. The van der Waals surface area contributed by atoms with Gasteiger partial charge in [-0.1, -0.05) is 12.1 Å². The fraction of sp³-hybridized carbons (Fsp3) is 0.286. The van der Waals surface area contributed by atoms with Crippen LogP contribution in [0.5, 0.6) is 0 Å². The maximum atomic E-state index is 14.6. The van der Waals surface area contributed by atoms with Gasteiger partial charge in [-0.3, -0.25) is 4.90 Å². The fourth-order valence-corrected chi connectivity index (χ4v) is 3.54. The molecule has 0 spiro atoms. The Morgan fingerprint density at radius 1 is 0.966 bits per heavy atom. The first kappa shape index (κ1) is 19.6. The van der Waals surface area contributed by atoms with Gasteiger partial charge in [-0.05, 0) is 36.4 Å². The van der Waals surface area contributed by atoms with E-state index >= 15 is 0 Å². The molecular formula is C21H20F4N4. The van der Waals surface area contributed by atoms with Crippen molar-refractivity contribution in [3.8, 4) is 16.9 Å². The molecule has 29 heavy (non-hydrogen) atoms. The highest BCUT2D eigenvalue weighted by molar-refractivity contribution is 5.66. The molecule has 152 valence electrons. The molecular weight excluding hydrogens is 384 g/mol. The highest BCUT2D eigenvalue weighted by atomic mass is 19.4. The van der Waals surface area contributed by atoms with E-state index in [1.807, 2.05) is 0 Å². The number of halogens is 4. The maximum absolute atomic E-state index is 14.6. The van der Waals surface area contributed by atoms with Crippen LogP contribution in [0.4, 0.5) is 17.6 Å². The molecule has 0 radical (unpaired) electrons. The minimum atomic E-state index is -4.41. The second kappa shape index (κ2) is 7.96. The second-order valence-electron chi connectivity index (χ2n) is 6.98. The summed E-state index contributed by atoms with van der Waals surface area (Å²) in [5.74, 6) is -0.400. The Hall–Kier alpha value is -2.71. The van der Waals surface area contributed by atoms with Crippen LogP contribution < -0.4 is 5.32 Å². The van der Waals surface area contributed by atoms with E-state index in [0.717, 1.165) is 43.9 Å². The van der Waals surface area contributed by atoms with Crippen molar-refractivity contribution in [3.05, 3.63) is 71.7 Å². The molecule has 0 bridgehead atoms. The van der Waals surface area contributed by atoms with Crippen molar-refractivity contribution < 1.29 is 17.6 Å². The molecule has 1 saturated heterocycles. The summed E-state index contributed by atoms with van der Waals surface area (Å²) in [7, 11) is 0. The molecule has 0 amide bonds. The molecule has 0 aliphatic carbocycles. The smallest absolute Gasteiger partial charge is 0.314 e. The van der Waals surface area contributed by atoms with E-state index in [1.165, 1.54) is 22.9 Å². The zero-order valence-corrected chi connectivity index (χ0v) is 15.6. The number of piperazine rings is 1. The summed E-state index contributed by atoms with van der Waals surface area (Å²) in [6.45, 7) is 4.07. The number of hydrogen-bond donors (Lipinski definition) is 1. The van der Waals surface area contributed by atoms with Crippen LogP contribution in [0.25, 0.3) is 16.9 Å². The van der Waals surface area contributed by atoms with E-state index in [4.69, 9.17) is 0 Å². The number of nitrogens with zero attached hydrogens (tertiary/aromatic N) is 3. The predicted molar refractivity (Wildman–Crippen MR) is 102 cm³/mol. The van der Waals surface area contributed by atoms with E-state index < -0.39 is 17.6 Å². The van der Waals surface area contributed by atoms with E-state index in [2.05, 4.69) is 15.3 Å². The van der Waals surface area contributed by atoms with Crippen LogP contribution in [0.2, 0.25) is 0 Å². The standard InChI is InChI=1S/C21H20F4N4/c22-19-4-2-1-3-18(19)20-15(14-28-11-9-26-10-12-28)13-27-29(20)17-7-5-16(6-8-17)21(23,24)25/h1-8,13,26H,9-12,14H2. The van der Waals surface area contributed by atoms with Crippen molar-refractivity contribution in [2.24, 2.45) is 0 Å². The van der Waals surface area contributed by atoms with Gasteiger partial charge in [0.25, 0.3) is 0 Å². The van der Waals surface area contributed by atoms with E-state index in [9.17, 15) is 17.6 Å². The maximum Gasteiger partial charge on any atom is 0.416 e. The van der Waals surface area contributed by atoms with Crippen LogP contribution in [-0.2, 0) is 12.7 Å². The molecule has 1 N–H and O–H groups in total. The van der Waals surface area contributed by atoms with Gasteiger partial charge in [0.15, 0.2) is 0 Å². The Balaban J connectivity index is 1.76. The molecule has 0 unspecified atom stereocenters. The number of benzene rings is 2. The van der Waals surface area contributed by atoms with Gasteiger partial charge in [-0.25, -0.2) is 9.07 Å². The fourth-order valence-electron chi connectivity index (χ4n) is 3.54. The SMILES string of the molecule is Fc1ccccc1-c1c(CN2CCNCC2)cnn1-c1ccc(C(F)(F)F)cc1. The third-order valence-corrected chi connectivity index (χ3v) is 5.02. The van der Waals surface area contributed by atoms with Gasteiger partial charge in [0.2, 0.25) is 0 Å². The Labute approximate surface area is 165 Å². The van der Waals surface area contributed by atoms with E-state index in [0.29, 0.717) is 23.5 Å². The summed E-state index contributed by atoms with van der Waals surface area (Å²) >= 11 is 0. The summed E-state index contributed by atoms with van der Waals surface area (Å²) in [6.07, 6.45) is -2.74. The summed E-state index contributed by atoms with van der Waals surface area (Å²) in [4.78, 5) is 2.24. The number of aromatic nitrogens is 2. The zero-order chi connectivity index (χ0) is 20.4. The molecule has 4 rings (SSSR count). The average molecular weight is 404 g/mol. The minimum Gasteiger partial charge on any atom is -0.314 e. The molecule has 1 aliphatic heterocycles. The van der Waals surface area contributed by atoms with Crippen molar-refractivity contribution in [2.75, 3.05) is 26.2 Å². The molecule has 1 fully saturated rings. The van der Waals surface area contributed by atoms with Crippen molar-refractivity contribution in [3.63, 3.8) is 0 Å². The molecule has 4 nitrogen and oxygen atoms in total. The monoisotopic (exact) mass is 404 g/mol. The van der Waals surface area contributed by atoms with E-state index in [-0.39, 0.29) is 0 Å². The van der Waals surface area contributed by atoms with Gasteiger partial charge >= 0.3 is 6.18 Å². The number of hydrogen-bond acceptors (Lipinski definition) is 3. The lowest BCUT2D eigenvalue weighted by molar-refractivity contribution is -0.137. The summed E-state index contributed by atoms with van der Waals surface area (Å²) in [5.41, 5.74) is 1.47. The van der Waals surface area contributed by atoms with Crippen LogP contribution in [0, 0.1) is 5.82 Å². The summed E-state index contributed by atoms with van der Waals surface area (Å²) in [5, 5.41) is 7.68. The van der Waals surface area contributed by atoms with Crippen molar-refractivity contribution >= 4 is 0 Å². The zero-order valence-electron chi connectivity index (χ0n) is 15.6. The first-order valence-electron chi connectivity index (χ1n) is 9.36. The minimum absolute atomic E-state index is 0.370. The molecule has 0 atom stereocenters. The van der Waals surface area contributed by atoms with Gasteiger partial charge < -0.3 is 5.32 Å².